The van der Waals surface area contributed by atoms with Crippen molar-refractivity contribution in [3.05, 3.63) is 77.6 Å². The maximum atomic E-state index is 12.6. The van der Waals surface area contributed by atoms with Gasteiger partial charge in [-0.05, 0) is 36.1 Å². The average Bonchev–Trinajstić information content (AvgIpc) is 3.30. The van der Waals surface area contributed by atoms with Gasteiger partial charge in [0.1, 0.15) is 17.1 Å². The van der Waals surface area contributed by atoms with E-state index in [0.717, 1.165) is 16.7 Å². The van der Waals surface area contributed by atoms with Gasteiger partial charge in [0.25, 0.3) is 5.91 Å². The second-order valence-electron chi connectivity index (χ2n) is 7.38. The number of aliphatic carboxylic acids is 1. The van der Waals surface area contributed by atoms with Crippen LogP contribution in [0.5, 0.6) is 0 Å². The molecule has 1 heterocycles. The molecule has 0 saturated carbocycles. The zero-order valence-corrected chi connectivity index (χ0v) is 17.4. The van der Waals surface area contributed by atoms with Crippen LogP contribution in [0.4, 0.5) is 0 Å². The number of carboxylic acid groups (broad SMARTS) is 1. The third kappa shape index (κ3) is 5.79. The van der Waals surface area contributed by atoms with Crippen molar-refractivity contribution >= 4 is 17.6 Å². The maximum absolute atomic E-state index is 12.6. The Bertz CT molecular complexity index is 1090. The van der Waals surface area contributed by atoms with E-state index in [1.807, 2.05) is 54.6 Å². The van der Waals surface area contributed by atoms with Gasteiger partial charge >= 0.3 is 5.97 Å². The van der Waals surface area contributed by atoms with Crippen molar-refractivity contribution in [3.8, 4) is 11.1 Å². The predicted molar refractivity (Wildman–Crippen MR) is 118 cm³/mol. The normalized spacial score (nSPS) is 13.4. The molecular formula is C23H24N4O5. The van der Waals surface area contributed by atoms with Crippen molar-refractivity contribution in [2.45, 2.75) is 31.9 Å². The highest BCUT2D eigenvalue weighted by atomic mass is 16.4. The lowest BCUT2D eigenvalue weighted by atomic mass is 9.97. The number of aromatic nitrogens is 2. The van der Waals surface area contributed by atoms with E-state index in [2.05, 4.69) is 20.7 Å². The van der Waals surface area contributed by atoms with Gasteiger partial charge in [0.05, 0.1) is 0 Å². The van der Waals surface area contributed by atoms with Crippen molar-refractivity contribution < 1.29 is 25.0 Å². The molecule has 0 saturated heterocycles. The number of benzene rings is 2. The summed E-state index contributed by atoms with van der Waals surface area (Å²) in [5.74, 6) is -1.87. The van der Waals surface area contributed by atoms with E-state index in [4.69, 9.17) is 10.3 Å². The minimum absolute atomic E-state index is 0.122. The molecule has 0 bridgehead atoms. The lowest BCUT2D eigenvalue weighted by molar-refractivity contribution is -0.147. The number of carbonyl (C=O) groups is 2. The molecule has 0 radical (unpaired) electrons. The van der Waals surface area contributed by atoms with Gasteiger partial charge in [-0.15, -0.1) is 0 Å². The van der Waals surface area contributed by atoms with E-state index in [0.29, 0.717) is 12.1 Å². The molecule has 9 heteroatoms. The Balaban J connectivity index is 1.74. The molecule has 32 heavy (non-hydrogen) atoms. The standard InChI is InChI=1S/C23H24N4O5/c1-14(27-32)19-13-20(26-25-19)22(29)24-18(12-21(28)23(30)31)11-15-7-9-17(10-8-15)16-5-3-2-4-6-16/h2-10,13,18,21,28,32H,11-12H2,1H3,(H,24,29)(H,25,26)(H,30,31)/b27-14+. The Morgan fingerprint density at radius 3 is 2.38 bits per heavy atom. The minimum Gasteiger partial charge on any atom is -0.479 e. The van der Waals surface area contributed by atoms with Gasteiger partial charge in [-0.2, -0.15) is 5.10 Å². The molecule has 3 rings (SSSR count). The van der Waals surface area contributed by atoms with Crippen LogP contribution in [-0.4, -0.2) is 55.4 Å². The van der Waals surface area contributed by atoms with Crippen LogP contribution in [0.25, 0.3) is 11.1 Å². The Kier molecular flexibility index (Phi) is 7.35. The summed E-state index contributed by atoms with van der Waals surface area (Å²) >= 11 is 0. The van der Waals surface area contributed by atoms with Crippen LogP contribution in [-0.2, 0) is 11.2 Å². The summed E-state index contributed by atoms with van der Waals surface area (Å²) < 4.78 is 0. The Morgan fingerprint density at radius 1 is 1.09 bits per heavy atom. The SMILES string of the molecule is C/C(=N\O)c1cc(C(=O)NC(Cc2ccc(-c3ccccc3)cc2)CC(O)C(=O)O)[nH]n1. The fraction of sp³-hybridized carbons (Fsp3) is 0.217. The highest BCUT2D eigenvalue weighted by molar-refractivity contribution is 6.00. The minimum atomic E-state index is -1.62. The highest BCUT2D eigenvalue weighted by Gasteiger charge is 2.23. The number of amides is 1. The van der Waals surface area contributed by atoms with Crippen LogP contribution in [0.2, 0.25) is 0 Å². The van der Waals surface area contributed by atoms with Crippen molar-refractivity contribution in [3.63, 3.8) is 0 Å². The number of aliphatic hydroxyl groups excluding tert-OH is 1. The zero-order valence-electron chi connectivity index (χ0n) is 17.4. The first-order valence-electron chi connectivity index (χ1n) is 9.98. The largest absolute Gasteiger partial charge is 0.479 e. The summed E-state index contributed by atoms with van der Waals surface area (Å²) in [5.41, 5.74) is 3.64. The quantitative estimate of drug-likeness (QED) is 0.198. The number of rotatable bonds is 9. The summed E-state index contributed by atoms with van der Waals surface area (Å²) in [4.78, 5) is 23.8. The van der Waals surface area contributed by atoms with Crippen LogP contribution < -0.4 is 5.32 Å². The smallest absolute Gasteiger partial charge is 0.332 e. The van der Waals surface area contributed by atoms with E-state index < -0.39 is 24.0 Å². The fourth-order valence-corrected chi connectivity index (χ4v) is 3.25. The van der Waals surface area contributed by atoms with Gasteiger partial charge in [0.2, 0.25) is 0 Å². The number of hydrogen-bond donors (Lipinski definition) is 5. The van der Waals surface area contributed by atoms with Gasteiger partial charge in [-0.25, -0.2) is 4.79 Å². The second kappa shape index (κ2) is 10.4. The molecule has 2 unspecified atom stereocenters. The van der Waals surface area contributed by atoms with Crippen LogP contribution in [0.1, 0.15) is 35.1 Å². The molecule has 5 N–H and O–H groups in total. The van der Waals surface area contributed by atoms with Crippen LogP contribution in [0.3, 0.4) is 0 Å². The lowest BCUT2D eigenvalue weighted by Gasteiger charge is -2.20. The summed E-state index contributed by atoms with van der Waals surface area (Å²) in [6.07, 6.45) is -1.46. The number of oxime groups is 1. The molecule has 0 aliphatic rings. The fourth-order valence-electron chi connectivity index (χ4n) is 3.25. The number of carbonyl (C=O) groups excluding carboxylic acids is 1. The average molecular weight is 436 g/mol. The van der Waals surface area contributed by atoms with Crippen molar-refractivity contribution in [2.24, 2.45) is 5.16 Å². The number of nitrogens with zero attached hydrogens (tertiary/aromatic N) is 2. The third-order valence-corrected chi connectivity index (χ3v) is 5.01. The van der Waals surface area contributed by atoms with Gasteiger partial charge < -0.3 is 20.7 Å². The van der Waals surface area contributed by atoms with E-state index in [-0.39, 0.29) is 17.8 Å². The first kappa shape index (κ1) is 22.7. The molecular weight excluding hydrogens is 412 g/mol. The summed E-state index contributed by atoms with van der Waals surface area (Å²) in [7, 11) is 0. The first-order valence-corrected chi connectivity index (χ1v) is 9.98. The van der Waals surface area contributed by atoms with Gasteiger partial charge in [0, 0.05) is 12.5 Å². The van der Waals surface area contributed by atoms with E-state index in [1.54, 1.807) is 0 Å². The molecule has 2 aromatic carbocycles. The van der Waals surface area contributed by atoms with E-state index in [1.165, 1.54) is 13.0 Å². The number of nitrogens with one attached hydrogen (secondary N) is 2. The molecule has 0 aliphatic heterocycles. The van der Waals surface area contributed by atoms with Crippen LogP contribution in [0, 0.1) is 0 Å². The molecule has 2 atom stereocenters. The van der Waals surface area contributed by atoms with Crippen LogP contribution >= 0.6 is 0 Å². The number of aliphatic hydroxyl groups is 1. The van der Waals surface area contributed by atoms with Gasteiger partial charge in [-0.1, -0.05) is 59.8 Å². The number of aromatic amines is 1. The number of hydrogen-bond acceptors (Lipinski definition) is 6. The molecule has 1 aromatic heterocycles. The van der Waals surface area contributed by atoms with Crippen molar-refractivity contribution in [1.82, 2.24) is 15.5 Å². The van der Waals surface area contributed by atoms with Crippen molar-refractivity contribution in [1.29, 1.82) is 0 Å². The predicted octanol–water partition coefficient (Wildman–Crippen LogP) is 2.45. The summed E-state index contributed by atoms with van der Waals surface area (Å²) in [5, 5.41) is 40.0. The van der Waals surface area contributed by atoms with E-state index in [9.17, 15) is 14.7 Å². The first-order chi connectivity index (χ1) is 15.4. The van der Waals surface area contributed by atoms with Crippen molar-refractivity contribution in [2.75, 3.05) is 0 Å². The third-order valence-electron chi connectivity index (χ3n) is 5.01. The Hall–Kier alpha value is -3.98. The second-order valence-corrected chi connectivity index (χ2v) is 7.38. The molecule has 0 aliphatic carbocycles. The van der Waals surface area contributed by atoms with Gasteiger partial charge in [0.15, 0.2) is 6.10 Å². The molecule has 9 nitrogen and oxygen atoms in total. The molecule has 166 valence electrons. The molecule has 0 fully saturated rings. The lowest BCUT2D eigenvalue weighted by Crippen LogP contribution is -2.40. The molecule has 1 amide bonds. The Labute approximate surface area is 184 Å². The summed E-state index contributed by atoms with van der Waals surface area (Å²) in [6.45, 7) is 1.53. The van der Waals surface area contributed by atoms with E-state index >= 15 is 0 Å². The maximum Gasteiger partial charge on any atom is 0.332 e. The number of carboxylic acids is 1. The zero-order chi connectivity index (χ0) is 23.1. The van der Waals surface area contributed by atoms with Crippen LogP contribution in [0.15, 0.2) is 65.8 Å². The molecule has 0 spiro atoms. The highest BCUT2D eigenvalue weighted by Crippen LogP contribution is 2.20. The monoisotopic (exact) mass is 436 g/mol. The Morgan fingerprint density at radius 2 is 1.75 bits per heavy atom. The topological polar surface area (TPSA) is 148 Å². The molecule has 3 aromatic rings. The number of H-pyrrole nitrogens is 1. The summed E-state index contributed by atoms with van der Waals surface area (Å²) in [6, 6.07) is 18.4. The van der Waals surface area contributed by atoms with Gasteiger partial charge in [-0.3, -0.25) is 9.89 Å².